The van der Waals surface area contributed by atoms with Crippen LogP contribution in [0.25, 0.3) is 84.1 Å². The number of benzene rings is 9. The minimum absolute atomic E-state index is 1.14. The zero-order valence-electron chi connectivity index (χ0n) is 28.7. The van der Waals surface area contributed by atoms with Crippen molar-refractivity contribution in [3.8, 4) is 22.3 Å². The van der Waals surface area contributed by atoms with Gasteiger partial charge in [0.15, 0.2) is 0 Å². The van der Waals surface area contributed by atoms with Crippen molar-refractivity contribution in [3.05, 3.63) is 188 Å². The van der Waals surface area contributed by atoms with E-state index in [1.807, 2.05) is 22.7 Å². The van der Waals surface area contributed by atoms with E-state index in [1.54, 1.807) is 0 Å². The molecule has 0 amide bonds. The number of fused-ring (bicyclic) bond motifs is 9. The normalized spacial score (nSPS) is 11.8. The van der Waals surface area contributed by atoms with Crippen LogP contribution in [0.2, 0.25) is 0 Å². The molecule has 0 saturated carbocycles. The van der Waals surface area contributed by atoms with E-state index >= 15 is 0 Å². The third kappa shape index (κ3) is 4.89. The van der Waals surface area contributed by atoms with E-state index < -0.39 is 0 Å². The maximum absolute atomic E-state index is 2.50. The third-order valence-electron chi connectivity index (χ3n) is 10.7. The fourth-order valence-corrected chi connectivity index (χ4v) is 10.6. The van der Waals surface area contributed by atoms with E-state index in [0.29, 0.717) is 0 Å². The molecule has 0 spiro atoms. The molecular formula is C50H31NS2. The molecule has 0 unspecified atom stereocenters. The summed E-state index contributed by atoms with van der Waals surface area (Å²) in [6, 6.07) is 69.1. The Hall–Kier alpha value is -6.26. The van der Waals surface area contributed by atoms with Crippen LogP contribution in [0.3, 0.4) is 0 Å². The van der Waals surface area contributed by atoms with Crippen LogP contribution in [-0.2, 0) is 0 Å². The molecule has 1 nitrogen and oxygen atoms in total. The molecule has 2 heterocycles. The second-order valence-electron chi connectivity index (χ2n) is 13.7. The lowest BCUT2D eigenvalue weighted by molar-refractivity contribution is 1.32. The molecule has 0 radical (unpaired) electrons. The van der Waals surface area contributed by atoms with Gasteiger partial charge in [0.25, 0.3) is 0 Å². The van der Waals surface area contributed by atoms with Gasteiger partial charge in [0.1, 0.15) is 0 Å². The molecule has 0 saturated heterocycles. The molecule has 11 rings (SSSR count). The van der Waals surface area contributed by atoms with Crippen molar-refractivity contribution < 1.29 is 0 Å². The average Bonchev–Trinajstić information content (AvgIpc) is 3.81. The lowest BCUT2D eigenvalue weighted by atomic mass is 9.97. The molecular weight excluding hydrogens is 679 g/mol. The monoisotopic (exact) mass is 709 g/mol. The molecule has 0 aliphatic carbocycles. The number of hydrogen-bond donors (Lipinski definition) is 0. The van der Waals surface area contributed by atoms with E-state index in [1.165, 1.54) is 95.5 Å². The molecule has 0 aliphatic heterocycles. The fraction of sp³-hybridized carbons (Fsp3) is 0. The topological polar surface area (TPSA) is 3.24 Å². The van der Waals surface area contributed by atoms with Crippen molar-refractivity contribution in [1.29, 1.82) is 0 Å². The summed E-state index contributed by atoms with van der Waals surface area (Å²) in [5, 5.41) is 10.3. The van der Waals surface area contributed by atoms with Gasteiger partial charge in [-0.3, -0.25) is 0 Å². The molecule has 0 bridgehead atoms. The maximum atomic E-state index is 2.50. The highest BCUT2D eigenvalue weighted by Gasteiger charge is 2.22. The van der Waals surface area contributed by atoms with E-state index in [0.717, 1.165) is 5.69 Å². The van der Waals surface area contributed by atoms with Gasteiger partial charge in [-0.05, 0) is 86.3 Å². The Morgan fingerprint density at radius 1 is 0.340 bits per heavy atom. The lowest BCUT2D eigenvalue weighted by Gasteiger charge is -2.27. The first-order valence-corrected chi connectivity index (χ1v) is 19.6. The van der Waals surface area contributed by atoms with Crippen molar-refractivity contribution >= 4 is 102 Å². The van der Waals surface area contributed by atoms with Gasteiger partial charge in [0.2, 0.25) is 0 Å². The van der Waals surface area contributed by atoms with Gasteiger partial charge in [0, 0.05) is 41.3 Å². The first kappa shape index (κ1) is 30.4. The summed E-state index contributed by atoms with van der Waals surface area (Å²) in [6.07, 6.45) is 0. The first-order chi connectivity index (χ1) is 26.3. The molecule has 11 aromatic rings. The molecule has 3 heteroatoms. The SMILES string of the molecule is c1ccc(-c2cccc3c2sc2c(N(c4ccc(-c5ccc6ccc7ccccc7c6c5)cc4)c4cccc5sc6ccccc6c45)cccc23)cc1. The summed E-state index contributed by atoms with van der Waals surface area (Å²) in [5.41, 5.74) is 8.47. The Morgan fingerprint density at radius 3 is 1.83 bits per heavy atom. The van der Waals surface area contributed by atoms with E-state index in [-0.39, 0.29) is 0 Å². The first-order valence-electron chi connectivity index (χ1n) is 18.0. The zero-order chi connectivity index (χ0) is 34.9. The van der Waals surface area contributed by atoms with Gasteiger partial charge in [-0.25, -0.2) is 0 Å². The van der Waals surface area contributed by atoms with Crippen LogP contribution in [0, 0.1) is 0 Å². The lowest BCUT2D eigenvalue weighted by Crippen LogP contribution is -2.10. The van der Waals surface area contributed by atoms with Crippen molar-refractivity contribution in [1.82, 2.24) is 0 Å². The van der Waals surface area contributed by atoms with Gasteiger partial charge in [0.05, 0.1) is 16.1 Å². The smallest absolute Gasteiger partial charge is 0.0640 e. The van der Waals surface area contributed by atoms with Gasteiger partial charge < -0.3 is 4.90 Å². The Morgan fingerprint density at radius 2 is 0.962 bits per heavy atom. The van der Waals surface area contributed by atoms with Crippen LogP contribution >= 0.6 is 22.7 Å². The molecule has 9 aromatic carbocycles. The summed E-state index contributed by atoms with van der Waals surface area (Å²) < 4.78 is 5.21. The average molecular weight is 710 g/mol. The van der Waals surface area contributed by atoms with Crippen LogP contribution in [0.5, 0.6) is 0 Å². The van der Waals surface area contributed by atoms with Gasteiger partial charge in [-0.15, -0.1) is 22.7 Å². The predicted octanol–water partition coefficient (Wildman–Crippen LogP) is 15.5. The molecule has 0 fully saturated rings. The van der Waals surface area contributed by atoms with Crippen LogP contribution in [0.4, 0.5) is 17.1 Å². The van der Waals surface area contributed by atoms with Crippen LogP contribution in [0.1, 0.15) is 0 Å². The highest BCUT2D eigenvalue weighted by molar-refractivity contribution is 7.27. The predicted molar refractivity (Wildman–Crippen MR) is 233 cm³/mol. The Bertz CT molecular complexity index is 3170. The maximum Gasteiger partial charge on any atom is 0.0640 e. The molecule has 0 atom stereocenters. The summed E-state index contributed by atoms with van der Waals surface area (Å²) in [7, 11) is 0. The van der Waals surface area contributed by atoms with Crippen molar-refractivity contribution in [2.24, 2.45) is 0 Å². The highest BCUT2D eigenvalue weighted by Crippen LogP contribution is 2.50. The standard InChI is InChI=1S/C50H31NS2/c1-2-11-33(12-3-1)39-16-8-17-40-41-18-9-20-45(50(41)53-49(39)40)51(44-19-10-22-47-48(44)42-15-6-7-21-46(42)52-47)37-29-27-32(28-30-37)36-26-25-35-24-23-34-13-4-5-14-38(34)43(35)31-36/h1-31H. The summed E-state index contributed by atoms with van der Waals surface area (Å²) in [6.45, 7) is 0. The fourth-order valence-electron chi connectivity index (χ4n) is 8.16. The van der Waals surface area contributed by atoms with E-state index in [2.05, 4.69) is 193 Å². The number of hydrogen-bond acceptors (Lipinski definition) is 3. The van der Waals surface area contributed by atoms with Gasteiger partial charge in [-0.2, -0.15) is 0 Å². The molecule has 2 aromatic heterocycles. The second-order valence-corrected chi connectivity index (χ2v) is 15.8. The largest absolute Gasteiger partial charge is 0.308 e. The Balaban J connectivity index is 1.13. The number of rotatable bonds is 5. The van der Waals surface area contributed by atoms with Gasteiger partial charge >= 0.3 is 0 Å². The highest BCUT2D eigenvalue weighted by atomic mass is 32.1. The van der Waals surface area contributed by atoms with Crippen LogP contribution in [0.15, 0.2) is 188 Å². The zero-order valence-corrected chi connectivity index (χ0v) is 30.3. The minimum atomic E-state index is 1.14. The van der Waals surface area contributed by atoms with Crippen molar-refractivity contribution in [3.63, 3.8) is 0 Å². The second kappa shape index (κ2) is 12.2. The van der Waals surface area contributed by atoms with Crippen LogP contribution in [-0.4, -0.2) is 0 Å². The number of anilines is 3. The Kier molecular flexibility index (Phi) is 6.97. The molecule has 248 valence electrons. The summed E-state index contributed by atoms with van der Waals surface area (Å²) >= 11 is 3.77. The quantitative estimate of drug-likeness (QED) is 0.161. The molecule has 0 N–H and O–H groups in total. The summed E-state index contributed by atoms with van der Waals surface area (Å²) in [4.78, 5) is 2.50. The van der Waals surface area contributed by atoms with Gasteiger partial charge in [-0.1, -0.05) is 146 Å². The number of thiophene rings is 2. The van der Waals surface area contributed by atoms with E-state index in [4.69, 9.17) is 0 Å². The third-order valence-corrected chi connectivity index (χ3v) is 13.1. The molecule has 0 aliphatic rings. The van der Waals surface area contributed by atoms with Crippen LogP contribution < -0.4 is 4.90 Å². The number of nitrogens with zero attached hydrogens (tertiary/aromatic N) is 1. The van der Waals surface area contributed by atoms with Crippen molar-refractivity contribution in [2.45, 2.75) is 0 Å². The minimum Gasteiger partial charge on any atom is -0.308 e. The van der Waals surface area contributed by atoms with Crippen molar-refractivity contribution in [2.75, 3.05) is 4.90 Å². The molecule has 53 heavy (non-hydrogen) atoms. The van der Waals surface area contributed by atoms with E-state index in [9.17, 15) is 0 Å². The Labute approximate surface area is 315 Å². The summed E-state index contributed by atoms with van der Waals surface area (Å²) in [5.74, 6) is 0.